The lowest BCUT2D eigenvalue weighted by Gasteiger charge is -2.12. The molecule has 1 aliphatic rings. The standard InChI is InChI=1S/C13H16N4/c14-13-12(10-6-4-5-7-10)17(16-15-13)11-8-2-1-3-9-11/h1-3,8-10H,4-7,14H2. The van der Waals surface area contributed by atoms with Crippen molar-refractivity contribution in [1.29, 1.82) is 0 Å². The molecule has 1 saturated carbocycles. The average molecular weight is 228 g/mol. The van der Waals surface area contributed by atoms with Gasteiger partial charge >= 0.3 is 0 Å². The molecule has 4 nitrogen and oxygen atoms in total. The predicted molar refractivity (Wildman–Crippen MR) is 67.0 cm³/mol. The summed E-state index contributed by atoms with van der Waals surface area (Å²) in [6, 6.07) is 10.1. The summed E-state index contributed by atoms with van der Waals surface area (Å²) >= 11 is 0. The molecule has 2 aromatic rings. The van der Waals surface area contributed by atoms with Crippen LogP contribution in [0.15, 0.2) is 30.3 Å². The number of hydrogen-bond acceptors (Lipinski definition) is 3. The molecule has 0 amide bonds. The van der Waals surface area contributed by atoms with Gasteiger partial charge in [0.25, 0.3) is 0 Å². The van der Waals surface area contributed by atoms with Crippen LogP contribution in [-0.4, -0.2) is 15.0 Å². The molecular weight excluding hydrogens is 212 g/mol. The van der Waals surface area contributed by atoms with Crippen LogP contribution in [0.25, 0.3) is 5.69 Å². The molecule has 0 saturated heterocycles. The first-order valence-corrected chi connectivity index (χ1v) is 6.13. The van der Waals surface area contributed by atoms with E-state index in [1.165, 1.54) is 25.7 Å². The highest BCUT2D eigenvalue weighted by Gasteiger charge is 2.25. The van der Waals surface area contributed by atoms with E-state index in [1.54, 1.807) is 0 Å². The van der Waals surface area contributed by atoms with Gasteiger partial charge < -0.3 is 5.73 Å². The topological polar surface area (TPSA) is 56.7 Å². The first kappa shape index (κ1) is 10.3. The predicted octanol–water partition coefficient (Wildman–Crippen LogP) is 2.51. The molecule has 88 valence electrons. The third kappa shape index (κ3) is 1.79. The molecule has 17 heavy (non-hydrogen) atoms. The number of para-hydroxylation sites is 1. The van der Waals surface area contributed by atoms with Gasteiger partial charge in [-0.2, -0.15) is 0 Å². The summed E-state index contributed by atoms with van der Waals surface area (Å²) in [6.45, 7) is 0. The SMILES string of the molecule is Nc1nnn(-c2ccccc2)c1C1CCCC1. The van der Waals surface area contributed by atoms with Gasteiger partial charge in [-0.25, -0.2) is 4.68 Å². The second-order valence-corrected chi connectivity index (χ2v) is 4.59. The molecule has 1 aromatic carbocycles. The molecule has 1 heterocycles. The number of nitrogens with zero attached hydrogens (tertiary/aromatic N) is 3. The van der Waals surface area contributed by atoms with Crippen LogP contribution in [0.2, 0.25) is 0 Å². The van der Waals surface area contributed by atoms with E-state index in [0.29, 0.717) is 11.7 Å². The molecule has 0 bridgehead atoms. The van der Waals surface area contributed by atoms with Crippen LogP contribution in [0.1, 0.15) is 37.3 Å². The number of rotatable bonds is 2. The van der Waals surface area contributed by atoms with Gasteiger partial charge in [-0.1, -0.05) is 36.3 Å². The number of hydrogen-bond donors (Lipinski definition) is 1. The fourth-order valence-electron chi connectivity index (χ4n) is 2.64. The van der Waals surface area contributed by atoms with Gasteiger partial charge in [0.2, 0.25) is 0 Å². The Morgan fingerprint density at radius 2 is 1.82 bits per heavy atom. The molecule has 0 atom stereocenters. The maximum Gasteiger partial charge on any atom is 0.169 e. The zero-order valence-electron chi connectivity index (χ0n) is 9.71. The maximum atomic E-state index is 5.96. The number of nitrogens with two attached hydrogens (primary N) is 1. The van der Waals surface area contributed by atoms with E-state index in [0.717, 1.165) is 11.4 Å². The molecule has 3 rings (SSSR count). The first-order valence-electron chi connectivity index (χ1n) is 6.13. The number of nitrogen functional groups attached to an aromatic ring is 1. The largest absolute Gasteiger partial charge is 0.381 e. The van der Waals surface area contributed by atoms with Crippen LogP contribution in [0.3, 0.4) is 0 Å². The number of aromatic nitrogens is 3. The van der Waals surface area contributed by atoms with Crippen LogP contribution >= 0.6 is 0 Å². The van der Waals surface area contributed by atoms with E-state index in [2.05, 4.69) is 10.3 Å². The Bertz CT molecular complexity index is 497. The maximum absolute atomic E-state index is 5.96. The van der Waals surface area contributed by atoms with E-state index in [9.17, 15) is 0 Å². The van der Waals surface area contributed by atoms with E-state index in [4.69, 9.17) is 5.73 Å². The minimum atomic E-state index is 0.519. The molecule has 0 spiro atoms. The molecule has 2 N–H and O–H groups in total. The summed E-state index contributed by atoms with van der Waals surface area (Å²) in [5.41, 5.74) is 8.10. The van der Waals surface area contributed by atoms with Crippen molar-refractivity contribution >= 4 is 5.82 Å². The van der Waals surface area contributed by atoms with Gasteiger partial charge in [0, 0.05) is 5.92 Å². The Labute approximate surface area is 100 Å². The van der Waals surface area contributed by atoms with E-state index < -0.39 is 0 Å². The third-order valence-corrected chi connectivity index (χ3v) is 3.48. The lowest BCUT2D eigenvalue weighted by molar-refractivity contribution is 0.650. The van der Waals surface area contributed by atoms with Crippen LogP contribution in [-0.2, 0) is 0 Å². The molecular formula is C13H16N4. The molecule has 4 heteroatoms. The molecule has 0 unspecified atom stereocenters. The summed E-state index contributed by atoms with van der Waals surface area (Å²) < 4.78 is 1.89. The van der Waals surface area contributed by atoms with Gasteiger partial charge in [-0.3, -0.25) is 0 Å². The Kier molecular flexibility index (Phi) is 2.55. The van der Waals surface area contributed by atoms with E-state index in [-0.39, 0.29) is 0 Å². The van der Waals surface area contributed by atoms with E-state index in [1.807, 2.05) is 35.0 Å². The van der Waals surface area contributed by atoms with Crippen molar-refractivity contribution in [3.8, 4) is 5.69 Å². The Morgan fingerprint density at radius 1 is 1.12 bits per heavy atom. The monoisotopic (exact) mass is 228 g/mol. The number of benzene rings is 1. The smallest absolute Gasteiger partial charge is 0.169 e. The highest BCUT2D eigenvalue weighted by Crippen LogP contribution is 2.36. The van der Waals surface area contributed by atoms with E-state index >= 15 is 0 Å². The van der Waals surface area contributed by atoms with Gasteiger partial charge in [-0.05, 0) is 25.0 Å². The van der Waals surface area contributed by atoms with Crippen LogP contribution < -0.4 is 5.73 Å². The fraction of sp³-hybridized carbons (Fsp3) is 0.385. The summed E-state index contributed by atoms with van der Waals surface area (Å²) in [7, 11) is 0. The highest BCUT2D eigenvalue weighted by atomic mass is 15.4. The molecule has 1 aromatic heterocycles. The summed E-state index contributed by atoms with van der Waals surface area (Å²) in [4.78, 5) is 0. The number of anilines is 1. The van der Waals surface area contributed by atoms with Gasteiger partial charge in [0.1, 0.15) is 0 Å². The molecule has 0 radical (unpaired) electrons. The quantitative estimate of drug-likeness (QED) is 0.859. The van der Waals surface area contributed by atoms with Gasteiger partial charge in [0.05, 0.1) is 11.4 Å². The molecule has 1 fully saturated rings. The van der Waals surface area contributed by atoms with Crippen molar-refractivity contribution < 1.29 is 0 Å². The third-order valence-electron chi connectivity index (χ3n) is 3.48. The second-order valence-electron chi connectivity index (χ2n) is 4.59. The van der Waals surface area contributed by atoms with Crippen LogP contribution in [0.5, 0.6) is 0 Å². The van der Waals surface area contributed by atoms with Gasteiger partial charge in [-0.15, -0.1) is 5.10 Å². The van der Waals surface area contributed by atoms with Crippen molar-refractivity contribution in [3.63, 3.8) is 0 Å². The summed E-state index contributed by atoms with van der Waals surface area (Å²) in [5, 5.41) is 8.20. The molecule has 1 aliphatic carbocycles. The van der Waals surface area contributed by atoms with Crippen molar-refractivity contribution in [1.82, 2.24) is 15.0 Å². The Balaban J connectivity index is 2.06. The Morgan fingerprint density at radius 3 is 2.53 bits per heavy atom. The zero-order chi connectivity index (χ0) is 11.7. The van der Waals surface area contributed by atoms with Crippen LogP contribution in [0, 0.1) is 0 Å². The normalized spacial score (nSPS) is 16.5. The lowest BCUT2D eigenvalue weighted by Crippen LogP contribution is -2.07. The lowest BCUT2D eigenvalue weighted by atomic mass is 10.0. The molecule has 0 aliphatic heterocycles. The highest BCUT2D eigenvalue weighted by molar-refractivity contribution is 5.43. The minimum Gasteiger partial charge on any atom is -0.381 e. The average Bonchev–Trinajstić information content (AvgIpc) is 2.99. The van der Waals surface area contributed by atoms with Crippen LogP contribution in [0.4, 0.5) is 5.82 Å². The second kappa shape index (κ2) is 4.20. The fourth-order valence-corrected chi connectivity index (χ4v) is 2.64. The van der Waals surface area contributed by atoms with Crippen molar-refractivity contribution in [2.24, 2.45) is 0 Å². The summed E-state index contributed by atoms with van der Waals surface area (Å²) in [5.74, 6) is 1.10. The van der Waals surface area contributed by atoms with Crippen molar-refractivity contribution in [3.05, 3.63) is 36.0 Å². The van der Waals surface area contributed by atoms with Crippen molar-refractivity contribution in [2.75, 3.05) is 5.73 Å². The minimum absolute atomic E-state index is 0.519. The summed E-state index contributed by atoms with van der Waals surface area (Å²) in [6.07, 6.45) is 4.96. The Hall–Kier alpha value is -1.84. The van der Waals surface area contributed by atoms with Gasteiger partial charge in [0.15, 0.2) is 5.82 Å². The first-order chi connectivity index (χ1) is 8.36. The zero-order valence-corrected chi connectivity index (χ0v) is 9.71. The van der Waals surface area contributed by atoms with Crippen molar-refractivity contribution in [2.45, 2.75) is 31.6 Å².